The van der Waals surface area contributed by atoms with E-state index in [1.165, 1.54) is 0 Å². The summed E-state index contributed by atoms with van der Waals surface area (Å²) in [6.07, 6.45) is -4.46. The van der Waals surface area contributed by atoms with Gasteiger partial charge in [0.2, 0.25) is 0 Å². The SMILES string of the molecule is COc1cc(C2OC3OC4C(O)C(=O)OC4C3O2)ccc1C. The molecule has 6 unspecified atom stereocenters. The van der Waals surface area contributed by atoms with Gasteiger partial charge in [0.1, 0.15) is 11.9 Å². The molecule has 22 heavy (non-hydrogen) atoms. The van der Waals surface area contributed by atoms with Gasteiger partial charge in [0.15, 0.2) is 30.9 Å². The van der Waals surface area contributed by atoms with E-state index in [-0.39, 0.29) is 0 Å². The smallest absolute Gasteiger partial charge is 0.338 e. The molecular weight excluding hydrogens is 292 g/mol. The van der Waals surface area contributed by atoms with Crippen LogP contribution in [-0.2, 0) is 23.7 Å². The first-order valence-electron chi connectivity index (χ1n) is 7.08. The molecular formula is C15H16O7. The third kappa shape index (κ3) is 1.94. The molecule has 3 saturated heterocycles. The average Bonchev–Trinajstić information content (AvgIpc) is 3.13. The number of hydrogen-bond donors (Lipinski definition) is 1. The Hall–Kier alpha value is -1.67. The fraction of sp³-hybridized carbons (Fsp3) is 0.533. The van der Waals surface area contributed by atoms with Crippen LogP contribution in [0, 0.1) is 6.92 Å². The molecule has 118 valence electrons. The summed E-state index contributed by atoms with van der Waals surface area (Å²) < 4.78 is 27.5. The van der Waals surface area contributed by atoms with E-state index in [1.54, 1.807) is 7.11 Å². The summed E-state index contributed by atoms with van der Waals surface area (Å²) in [6, 6.07) is 5.64. The lowest BCUT2D eigenvalue weighted by molar-refractivity contribution is -0.173. The number of rotatable bonds is 2. The summed E-state index contributed by atoms with van der Waals surface area (Å²) in [7, 11) is 1.60. The van der Waals surface area contributed by atoms with Crippen LogP contribution in [0.15, 0.2) is 18.2 Å². The number of esters is 1. The minimum Gasteiger partial charge on any atom is -0.496 e. The normalized spacial score (nSPS) is 39.5. The highest BCUT2D eigenvalue weighted by Crippen LogP contribution is 2.43. The van der Waals surface area contributed by atoms with Crippen LogP contribution in [-0.4, -0.2) is 48.9 Å². The maximum Gasteiger partial charge on any atom is 0.338 e. The maximum atomic E-state index is 11.4. The minimum atomic E-state index is -1.28. The number of methoxy groups -OCH3 is 1. The van der Waals surface area contributed by atoms with E-state index in [0.29, 0.717) is 0 Å². The van der Waals surface area contributed by atoms with Crippen molar-refractivity contribution < 1.29 is 33.6 Å². The third-order valence-electron chi connectivity index (χ3n) is 4.25. The lowest BCUT2D eigenvalue weighted by Gasteiger charge is -2.17. The Morgan fingerprint density at radius 3 is 2.73 bits per heavy atom. The first kappa shape index (κ1) is 14.0. The number of aliphatic hydroxyl groups is 1. The molecule has 0 aromatic heterocycles. The molecule has 7 nitrogen and oxygen atoms in total. The molecule has 0 spiro atoms. The van der Waals surface area contributed by atoms with Gasteiger partial charge in [-0.2, -0.15) is 0 Å². The van der Waals surface area contributed by atoms with Crippen molar-refractivity contribution in [1.29, 1.82) is 0 Å². The van der Waals surface area contributed by atoms with Crippen molar-refractivity contribution in [1.82, 2.24) is 0 Å². The van der Waals surface area contributed by atoms with Gasteiger partial charge in [-0.25, -0.2) is 4.79 Å². The van der Waals surface area contributed by atoms with Crippen molar-refractivity contribution in [2.45, 2.75) is 43.9 Å². The number of hydrogen-bond acceptors (Lipinski definition) is 7. The van der Waals surface area contributed by atoms with Crippen molar-refractivity contribution in [3.05, 3.63) is 29.3 Å². The van der Waals surface area contributed by atoms with Crippen molar-refractivity contribution in [3.63, 3.8) is 0 Å². The molecule has 0 radical (unpaired) electrons. The molecule has 3 aliphatic rings. The molecule has 0 amide bonds. The maximum absolute atomic E-state index is 11.4. The summed E-state index contributed by atoms with van der Waals surface area (Å²) >= 11 is 0. The molecule has 6 atom stereocenters. The van der Waals surface area contributed by atoms with E-state index in [9.17, 15) is 9.90 Å². The van der Waals surface area contributed by atoms with Crippen LogP contribution in [0.4, 0.5) is 0 Å². The lowest BCUT2D eigenvalue weighted by atomic mass is 10.1. The second kappa shape index (κ2) is 4.92. The van der Waals surface area contributed by atoms with Crippen LogP contribution in [0.25, 0.3) is 0 Å². The number of aliphatic hydroxyl groups excluding tert-OH is 1. The highest BCUT2D eigenvalue weighted by Gasteiger charge is 2.61. The Morgan fingerprint density at radius 2 is 1.95 bits per heavy atom. The van der Waals surface area contributed by atoms with Gasteiger partial charge in [0.05, 0.1) is 7.11 Å². The first-order chi connectivity index (χ1) is 10.6. The zero-order chi connectivity index (χ0) is 15.4. The van der Waals surface area contributed by atoms with Gasteiger partial charge in [-0.1, -0.05) is 12.1 Å². The van der Waals surface area contributed by atoms with Crippen LogP contribution in [0.2, 0.25) is 0 Å². The first-order valence-corrected chi connectivity index (χ1v) is 7.08. The van der Waals surface area contributed by atoms with Gasteiger partial charge in [0, 0.05) is 5.56 Å². The molecule has 3 fully saturated rings. The molecule has 1 N–H and O–H groups in total. The van der Waals surface area contributed by atoms with Gasteiger partial charge in [-0.3, -0.25) is 0 Å². The Balaban J connectivity index is 1.54. The summed E-state index contributed by atoms with van der Waals surface area (Å²) in [6.45, 7) is 1.95. The molecule has 0 bridgehead atoms. The van der Waals surface area contributed by atoms with Crippen LogP contribution in [0.3, 0.4) is 0 Å². The number of ether oxygens (including phenoxy) is 5. The zero-order valence-corrected chi connectivity index (χ0v) is 12.1. The molecule has 0 aliphatic carbocycles. The van der Waals surface area contributed by atoms with Crippen molar-refractivity contribution in [3.8, 4) is 5.75 Å². The molecule has 1 aromatic rings. The predicted molar refractivity (Wildman–Crippen MR) is 71.0 cm³/mol. The largest absolute Gasteiger partial charge is 0.496 e. The van der Waals surface area contributed by atoms with Gasteiger partial charge in [0.25, 0.3) is 0 Å². The van der Waals surface area contributed by atoms with E-state index >= 15 is 0 Å². The second-order valence-electron chi connectivity index (χ2n) is 5.61. The monoisotopic (exact) mass is 308 g/mol. The molecule has 7 heteroatoms. The Morgan fingerprint density at radius 1 is 1.14 bits per heavy atom. The van der Waals surface area contributed by atoms with E-state index in [4.69, 9.17) is 23.7 Å². The molecule has 3 aliphatic heterocycles. The lowest BCUT2D eigenvalue weighted by Crippen LogP contribution is -2.32. The number of benzene rings is 1. The predicted octanol–water partition coefficient (Wildman–Crippen LogP) is 0.429. The second-order valence-corrected chi connectivity index (χ2v) is 5.61. The van der Waals surface area contributed by atoms with Crippen LogP contribution in [0.5, 0.6) is 5.75 Å². The fourth-order valence-corrected chi connectivity index (χ4v) is 3.07. The standard InChI is InChI=1S/C15H16O7/c1-6-3-4-7(5-8(6)18-2)14-21-12-11-10(20-15(12)22-14)9(16)13(17)19-11/h3-5,9-12,14-16H,1-2H3. The summed E-state index contributed by atoms with van der Waals surface area (Å²) in [5.41, 5.74) is 1.80. The van der Waals surface area contributed by atoms with Crippen molar-refractivity contribution >= 4 is 5.97 Å². The summed E-state index contributed by atoms with van der Waals surface area (Å²) in [5, 5.41) is 9.68. The van der Waals surface area contributed by atoms with Crippen LogP contribution >= 0.6 is 0 Å². The number of carbonyl (C=O) groups excluding carboxylic acids is 1. The van der Waals surface area contributed by atoms with Crippen molar-refractivity contribution in [2.75, 3.05) is 7.11 Å². The Labute approximate surface area is 126 Å². The average molecular weight is 308 g/mol. The van der Waals surface area contributed by atoms with Crippen LogP contribution in [0.1, 0.15) is 17.4 Å². The topological polar surface area (TPSA) is 83.5 Å². The van der Waals surface area contributed by atoms with E-state index in [1.807, 2.05) is 25.1 Å². The van der Waals surface area contributed by atoms with E-state index < -0.39 is 43.0 Å². The van der Waals surface area contributed by atoms with E-state index in [2.05, 4.69) is 0 Å². The van der Waals surface area contributed by atoms with Crippen LogP contribution < -0.4 is 4.74 Å². The Bertz CT molecular complexity index is 616. The number of aryl methyl sites for hydroxylation is 1. The molecule has 1 aromatic carbocycles. The Kier molecular flexibility index (Phi) is 3.12. The summed E-state index contributed by atoms with van der Waals surface area (Å²) in [4.78, 5) is 11.4. The fourth-order valence-electron chi connectivity index (χ4n) is 3.07. The minimum absolute atomic E-state index is 0.539. The van der Waals surface area contributed by atoms with E-state index in [0.717, 1.165) is 16.9 Å². The van der Waals surface area contributed by atoms with Gasteiger partial charge >= 0.3 is 5.97 Å². The third-order valence-corrected chi connectivity index (χ3v) is 4.25. The van der Waals surface area contributed by atoms with Gasteiger partial charge in [-0.15, -0.1) is 0 Å². The quantitative estimate of drug-likeness (QED) is 0.793. The van der Waals surface area contributed by atoms with Gasteiger partial charge < -0.3 is 28.8 Å². The zero-order valence-electron chi connectivity index (χ0n) is 12.1. The highest BCUT2D eigenvalue weighted by molar-refractivity contribution is 5.78. The highest BCUT2D eigenvalue weighted by atomic mass is 16.8. The molecule has 0 saturated carbocycles. The molecule has 4 rings (SSSR count). The van der Waals surface area contributed by atoms with Crippen molar-refractivity contribution in [2.24, 2.45) is 0 Å². The van der Waals surface area contributed by atoms with Gasteiger partial charge in [-0.05, 0) is 18.6 Å². The molecule has 3 heterocycles. The number of fused-ring (bicyclic) bond motifs is 3. The number of carbonyl (C=O) groups is 1. The summed E-state index contributed by atoms with van der Waals surface area (Å²) in [5.74, 6) is 0.0563.